The highest BCUT2D eigenvalue weighted by molar-refractivity contribution is 5.79. The van der Waals surface area contributed by atoms with Crippen LogP contribution in [-0.2, 0) is 6.54 Å². The highest BCUT2D eigenvalue weighted by Gasteiger charge is 2.13. The van der Waals surface area contributed by atoms with E-state index in [4.69, 9.17) is 10.3 Å². The predicted molar refractivity (Wildman–Crippen MR) is 69.2 cm³/mol. The Morgan fingerprint density at radius 2 is 2.11 bits per heavy atom. The van der Waals surface area contributed by atoms with Crippen LogP contribution in [0.15, 0.2) is 22.7 Å². The molecule has 5 nitrogen and oxygen atoms in total. The van der Waals surface area contributed by atoms with Gasteiger partial charge in [0.15, 0.2) is 5.76 Å². The van der Waals surface area contributed by atoms with Gasteiger partial charge in [0.2, 0.25) is 5.95 Å². The summed E-state index contributed by atoms with van der Waals surface area (Å²) in [6.45, 7) is 3.98. The van der Waals surface area contributed by atoms with Crippen molar-refractivity contribution in [1.82, 2.24) is 14.7 Å². The second kappa shape index (κ2) is 4.08. The third-order valence-electron chi connectivity index (χ3n) is 3.05. The van der Waals surface area contributed by atoms with Gasteiger partial charge >= 0.3 is 0 Å². The Bertz CT molecular complexity index is 759. The van der Waals surface area contributed by atoms with E-state index in [-0.39, 0.29) is 5.82 Å². The maximum absolute atomic E-state index is 13.5. The molecule has 0 aliphatic heterocycles. The van der Waals surface area contributed by atoms with E-state index < -0.39 is 0 Å². The summed E-state index contributed by atoms with van der Waals surface area (Å²) in [6.07, 6.45) is 0. The Kier molecular flexibility index (Phi) is 2.51. The van der Waals surface area contributed by atoms with Crippen molar-refractivity contribution in [2.24, 2.45) is 0 Å². The first kappa shape index (κ1) is 11.7. The SMILES string of the molecule is Cc1cc(Cn2c(N)nc3cc(F)c(C)cc32)on1. The maximum Gasteiger partial charge on any atom is 0.201 e. The van der Waals surface area contributed by atoms with E-state index in [1.807, 2.05) is 13.0 Å². The average Bonchev–Trinajstić information content (AvgIpc) is 2.87. The van der Waals surface area contributed by atoms with Crippen LogP contribution in [-0.4, -0.2) is 14.7 Å². The molecule has 0 saturated heterocycles. The minimum absolute atomic E-state index is 0.285. The fraction of sp³-hybridized carbons (Fsp3) is 0.231. The van der Waals surface area contributed by atoms with Gasteiger partial charge in [-0.3, -0.25) is 0 Å². The van der Waals surface area contributed by atoms with Crippen LogP contribution in [0.3, 0.4) is 0 Å². The standard InChI is InChI=1S/C13H13FN4O/c1-7-3-12-11(5-10(7)14)16-13(15)18(12)6-9-4-8(2)17-19-9/h3-5H,6H2,1-2H3,(H2,15,16). The Morgan fingerprint density at radius 3 is 2.79 bits per heavy atom. The first-order chi connectivity index (χ1) is 9.04. The van der Waals surface area contributed by atoms with E-state index >= 15 is 0 Å². The summed E-state index contributed by atoms with van der Waals surface area (Å²) in [5.74, 6) is 0.729. The number of fused-ring (bicyclic) bond motifs is 1. The summed E-state index contributed by atoms with van der Waals surface area (Å²) in [6, 6.07) is 4.96. The number of halogens is 1. The molecule has 2 aromatic heterocycles. The number of anilines is 1. The van der Waals surface area contributed by atoms with Crippen LogP contribution >= 0.6 is 0 Å². The first-order valence-corrected chi connectivity index (χ1v) is 5.88. The van der Waals surface area contributed by atoms with Crippen LogP contribution in [0.25, 0.3) is 11.0 Å². The van der Waals surface area contributed by atoms with Crippen molar-refractivity contribution in [1.29, 1.82) is 0 Å². The van der Waals surface area contributed by atoms with Gasteiger partial charge in [-0.05, 0) is 25.5 Å². The lowest BCUT2D eigenvalue weighted by Crippen LogP contribution is -2.04. The monoisotopic (exact) mass is 260 g/mol. The molecule has 0 aliphatic carbocycles. The molecule has 6 heteroatoms. The molecular weight excluding hydrogens is 247 g/mol. The minimum atomic E-state index is -0.285. The lowest BCUT2D eigenvalue weighted by molar-refractivity contribution is 0.374. The molecule has 0 bridgehead atoms. The van der Waals surface area contributed by atoms with Crippen molar-refractivity contribution in [3.05, 3.63) is 41.0 Å². The third-order valence-corrected chi connectivity index (χ3v) is 3.05. The molecule has 19 heavy (non-hydrogen) atoms. The number of benzene rings is 1. The predicted octanol–water partition coefficient (Wildman–Crippen LogP) is 2.41. The van der Waals surface area contributed by atoms with Crippen LogP contribution in [0, 0.1) is 19.7 Å². The second-order valence-corrected chi connectivity index (χ2v) is 4.58. The van der Waals surface area contributed by atoms with Crippen molar-refractivity contribution in [3.8, 4) is 0 Å². The van der Waals surface area contributed by atoms with Crippen molar-refractivity contribution < 1.29 is 8.91 Å². The van der Waals surface area contributed by atoms with Crippen molar-refractivity contribution >= 4 is 17.0 Å². The molecule has 0 fully saturated rings. The molecule has 0 amide bonds. The quantitative estimate of drug-likeness (QED) is 0.768. The van der Waals surface area contributed by atoms with E-state index in [0.717, 1.165) is 11.2 Å². The molecule has 3 rings (SSSR count). The van der Waals surface area contributed by atoms with Crippen LogP contribution < -0.4 is 5.73 Å². The molecular formula is C13H13FN4O. The summed E-state index contributed by atoms with van der Waals surface area (Å²) in [4.78, 5) is 4.16. The number of aryl methyl sites for hydroxylation is 2. The molecule has 0 aliphatic rings. The van der Waals surface area contributed by atoms with Gasteiger partial charge in [0.25, 0.3) is 0 Å². The molecule has 0 radical (unpaired) electrons. The Morgan fingerprint density at radius 1 is 1.32 bits per heavy atom. The van der Waals surface area contributed by atoms with Crippen molar-refractivity contribution in [2.75, 3.05) is 5.73 Å². The molecule has 0 atom stereocenters. The number of imidazole rings is 1. The van der Waals surface area contributed by atoms with Gasteiger partial charge in [-0.15, -0.1) is 0 Å². The van der Waals surface area contributed by atoms with Crippen LogP contribution in [0.2, 0.25) is 0 Å². The molecule has 98 valence electrons. The second-order valence-electron chi connectivity index (χ2n) is 4.58. The molecule has 0 unspecified atom stereocenters. The number of hydrogen-bond acceptors (Lipinski definition) is 4. The number of nitrogens with two attached hydrogens (primary N) is 1. The van der Waals surface area contributed by atoms with Gasteiger partial charge in [-0.1, -0.05) is 5.16 Å². The van der Waals surface area contributed by atoms with E-state index in [1.165, 1.54) is 6.07 Å². The minimum Gasteiger partial charge on any atom is -0.369 e. The Hall–Kier alpha value is -2.37. The zero-order valence-electron chi connectivity index (χ0n) is 10.6. The topological polar surface area (TPSA) is 69.9 Å². The van der Waals surface area contributed by atoms with Crippen molar-refractivity contribution in [2.45, 2.75) is 20.4 Å². The molecule has 3 aromatic rings. The fourth-order valence-electron chi connectivity index (χ4n) is 2.08. The van der Waals surface area contributed by atoms with Gasteiger partial charge in [0.1, 0.15) is 5.82 Å². The van der Waals surface area contributed by atoms with Gasteiger partial charge < -0.3 is 14.8 Å². The van der Waals surface area contributed by atoms with Crippen LogP contribution in [0.4, 0.5) is 10.3 Å². The summed E-state index contributed by atoms with van der Waals surface area (Å²) in [5, 5.41) is 3.83. The Balaban J connectivity index is 2.12. The molecule has 1 aromatic carbocycles. The van der Waals surface area contributed by atoms with Gasteiger partial charge in [-0.25, -0.2) is 9.37 Å². The van der Waals surface area contributed by atoms with Crippen LogP contribution in [0.5, 0.6) is 0 Å². The summed E-state index contributed by atoms with van der Waals surface area (Å²) in [5.41, 5.74) is 8.56. The lowest BCUT2D eigenvalue weighted by atomic mass is 10.2. The molecule has 2 N–H and O–H groups in total. The summed E-state index contributed by atoms with van der Waals surface area (Å²) >= 11 is 0. The number of nitrogen functional groups attached to an aromatic ring is 1. The molecule has 0 saturated carbocycles. The largest absolute Gasteiger partial charge is 0.369 e. The van der Waals surface area contributed by atoms with Gasteiger partial charge in [-0.2, -0.15) is 0 Å². The molecule has 2 heterocycles. The fourth-order valence-corrected chi connectivity index (χ4v) is 2.08. The maximum atomic E-state index is 13.5. The Labute approximate surface area is 108 Å². The van der Waals surface area contributed by atoms with Gasteiger partial charge in [0.05, 0.1) is 23.3 Å². The average molecular weight is 260 g/mol. The number of nitrogens with zero attached hydrogens (tertiary/aromatic N) is 3. The lowest BCUT2D eigenvalue weighted by Gasteiger charge is -2.04. The van der Waals surface area contributed by atoms with E-state index in [9.17, 15) is 4.39 Å². The summed E-state index contributed by atoms with van der Waals surface area (Å²) < 4.78 is 20.4. The smallest absolute Gasteiger partial charge is 0.201 e. The number of hydrogen-bond donors (Lipinski definition) is 1. The zero-order valence-corrected chi connectivity index (χ0v) is 10.6. The molecule has 0 spiro atoms. The van der Waals surface area contributed by atoms with Crippen LogP contribution in [0.1, 0.15) is 17.0 Å². The van der Waals surface area contributed by atoms with E-state index in [0.29, 0.717) is 29.3 Å². The third kappa shape index (κ3) is 1.95. The van der Waals surface area contributed by atoms with E-state index in [2.05, 4.69) is 10.1 Å². The number of aromatic nitrogens is 3. The highest BCUT2D eigenvalue weighted by atomic mass is 19.1. The van der Waals surface area contributed by atoms with Crippen molar-refractivity contribution in [3.63, 3.8) is 0 Å². The zero-order chi connectivity index (χ0) is 13.6. The first-order valence-electron chi connectivity index (χ1n) is 5.88. The number of rotatable bonds is 2. The van der Waals surface area contributed by atoms with Gasteiger partial charge in [0, 0.05) is 12.1 Å². The van der Waals surface area contributed by atoms with E-state index in [1.54, 1.807) is 17.6 Å². The summed E-state index contributed by atoms with van der Waals surface area (Å²) in [7, 11) is 0. The normalized spacial score (nSPS) is 11.3. The highest BCUT2D eigenvalue weighted by Crippen LogP contribution is 2.22.